The second kappa shape index (κ2) is 5.93. The molecular weight excluding hydrogens is 256 g/mol. The van der Waals surface area contributed by atoms with Crippen LogP contribution in [0.2, 0.25) is 0 Å². The van der Waals surface area contributed by atoms with Crippen LogP contribution in [0.1, 0.15) is 30.7 Å². The van der Waals surface area contributed by atoms with Gasteiger partial charge in [0.2, 0.25) is 5.91 Å². The molecule has 2 atom stereocenters. The van der Waals surface area contributed by atoms with E-state index >= 15 is 0 Å². The average molecular weight is 278 g/mol. The average Bonchev–Trinajstić information content (AvgIpc) is 2.94. The minimum atomic E-state index is -0.154. The normalized spacial score (nSPS) is 26.4. The monoisotopic (exact) mass is 278 g/mol. The Morgan fingerprint density at radius 3 is 3.30 bits per heavy atom. The highest BCUT2D eigenvalue weighted by Crippen LogP contribution is 2.21. The molecule has 1 amide bonds. The first-order valence-electron chi connectivity index (χ1n) is 7.42. The third kappa shape index (κ3) is 2.71. The second-order valence-electron chi connectivity index (χ2n) is 5.77. The molecule has 2 aliphatic rings. The number of rotatable bonds is 3. The summed E-state index contributed by atoms with van der Waals surface area (Å²) in [6.07, 6.45) is 5.31. The molecule has 1 aromatic heterocycles. The first-order valence-corrected chi connectivity index (χ1v) is 7.42. The number of aliphatic hydroxyl groups is 1. The standard InChI is InChI=1S/C14H22N4O2/c19-5-3-10-2-1-4-18(8-10)14(20)12-6-11-13(7-15-12)17-9-16-11/h9-10,12,15,19H,1-8H2,(H,16,17). The maximum Gasteiger partial charge on any atom is 0.240 e. The Kier molecular flexibility index (Phi) is 4.03. The van der Waals surface area contributed by atoms with E-state index in [0.29, 0.717) is 18.9 Å². The third-order valence-electron chi connectivity index (χ3n) is 4.40. The Labute approximate surface area is 118 Å². The molecule has 1 aromatic rings. The van der Waals surface area contributed by atoms with Gasteiger partial charge in [-0.05, 0) is 25.2 Å². The van der Waals surface area contributed by atoms with Crippen LogP contribution in [0.5, 0.6) is 0 Å². The Morgan fingerprint density at radius 2 is 2.45 bits per heavy atom. The zero-order valence-corrected chi connectivity index (χ0v) is 11.6. The van der Waals surface area contributed by atoms with Crippen LogP contribution in [0.4, 0.5) is 0 Å². The van der Waals surface area contributed by atoms with Crippen molar-refractivity contribution >= 4 is 5.91 Å². The van der Waals surface area contributed by atoms with Crippen LogP contribution in [0, 0.1) is 5.92 Å². The molecule has 3 N–H and O–H groups in total. The Morgan fingerprint density at radius 1 is 1.55 bits per heavy atom. The lowest BCUT2D eigenvalue weighted by atomic mass is 9.94. The molecule has 20 heavy (non-hydrogen) atoms. The summed E-state index contributed by atoms with van der Waals surface area (Å²) in [5.74, 6) is 0.628. The molecular formula is C14H22N4O2. The van der Waals surface area contributed by atoms with Crippen molar-refractivity contribution in [3.05, 3.63) is 17.7 Å². The van der Waals surface area contributed by atoms with Gasteiger partial charge in [0.15, 0.2) is 0 Å². The molecule has 0 aliphatic carbocycles. The predicted molar refractivity (Wildman–Crippen MR) is 73.9 cm³/mol. The molecule has 2 aliphatic heterocycles. The van der Waals surface area contributed by atoms with Crippen molar-refractivity contribution < 1.29 is 9.90 Å². The van der Waals surface area contributed by atoms with Crippen molar-refractivity contribution in [2.45, 2.75) is 38.3 Å². The number of hydrogen-bond donors (Lipinski definition) is 3. The van der Waals surface area contributed by atoms with Gasteiger partial charge >= 0.3 is 0 Å². The number of imidazole rings is 1. The highest BCUT2D eigenvalue weighted by atomic mass is 16.3. The van der Waals surface area contributed by atoms with Crippen molar-refractivity contribution in [2.75, 3.05) is 19.7 Å². The second-order valence-corrected chi connectivity index (χ2v) is 5.77. The fourth-order valence-electron chi connectivity index (χ4n) is 3.25. The van der Waals surface area contributed by atoms with Gasteiger partial charge in [-0.15, -0.1) is 0 Å². The number of hydrogen-bond acceptors (Lipinski definition) is 4. The predicted octanol–water partition coefficient (Wildman–Crippen LogP) is 0.0450. The summed E-state index contributed by atoms with van der Waals surface area (Å²) < 4.78 is 0. The molecule has 2 unspecified atom stereocenters. The molecule has 1 fully saturated rings. The van der Waals surface area contributed by atoms with Crippen LogP contribution in [-0.4, -0.2) is 51.6 Å². The van der Waals surface area contributed by atoms with Crippen molar-refractivity contribution in [2.24, 2.45) is 5.92 Å². The summed E-state index contributed by atoms with van der Waals surface area (Å²) in [6, 6.07) is -0.154. The Hall–Kier alpha value is -1.40. The number of likely N-dealkylation sites (tertiary alicyclic amines) is 1. The number of nitrogens with one attached hydrogen (secondary N) is 2. The zero-order chi connectivity index (χ0) is 13.9. The van der Waals surface area contributed by atoms with E-state index in [1.807, 2.05) is 4.90 Å². The lowest BCUT2D eigenvalue weighted by Crippen LogP contribution is -2.52. The molecule has 0 bridgehead atoms. The quantitative estimate of drug-likeness (QED) is 0.729. The number of amides is 1. The summed E-state index contributed by atoms with van der Waals surface area (Å²) in [5, 5.41) is 12.3. The number of carbonyl (C=O) groups excluding carboxylic acids is 1. The molecule has 110 valence electrons. The van der Waals surface area contributed by atoms with Crippen LogP contribution in [0.15, 0.2) is 6.33 Å². The summed E-state index contributed by atoms with van der Waals surface area (Å²) >= 11 is 0. The lowest BCUT2D eigenvalue weighted by Gasteiger charge is -2.35. The maximum atomic E-state index is 12.6. The van der Waals surface area contributed by atoms with E-state index in [0.717, 1.165) is 43.7 Å². The number of H-pyrrole nitrogens is 1. The Balaban J connectivity index is 1.61. The van der Waals surface area contributed by atoms with Crippen molar-refractivity contribution in [1.82, 2.24) is 20.2 Å². The molecule has 0 spiro atoms. The number of aromatic nitrogens is 2. The van der Waals surface area contributed by atoms with Gasteiger partial charge in [0.25, 0.3) is 0 Å². The van der Waals surface area contributed by atoms with E-state index in [1.165, 1.54) is 0 Å². The SMILES string of the molecule is O=C(C1Cc2nc[nH]c2CN1)N1CCCC(CCO)C1. The van der Waals surface area contributed by atoms with Gasteiger partial charge in [-0.3, -0.25) is 10.1 Å². The summed E-state index contributed by atoms with van der Waals surface area (Å²) in [4.78, 5) is 21.9. The van der Waals surface area contributed by atoms with Crippen LogP contribution < -0.4 is 5.32 Å². The molecule has 6 heteroatoms. The van der Waals surface area contributed by atoms with Gasteiger partial charge < -0.3 is 15.0 Å². The van der Waals surface area contributed by atoms with E-state index < -0.39 is 0 Å². The molecule has 3 heterocycles. The van der Waals surface area contributed by atoms with Crippen molar-refractivity contribution in [3.8, 4) is 0 Å². The largest absolute Gasteiger partial charge is 0.396 e. The fraction of sp³-hybridized carbons (Fsp3) is 0.714. The van der Waals surface area contributed by atoms with Crippen LogP contribution in [0.25, 0.3) is 0 Å². The number of nitrogens with zero attached hydrogens (tertiary/aromatic N) is 2. The summed E-state index contributed by atoms with van der Waals surface area (Å²) in [6.45, 7) is 2.52. The van der Waals surface area contributed by atoms with E-state index in [4.69, 9.17) is 5.11 Å². The van der Waals surface area contributed by atoms with Gasteiger partial charge in [0.1, 0.15) is 0 Å². The van der Waals surface area contributed by atoms with E-state index in [1.54, 1.807) is 6.33 Å². The molecule has 1 saturated heterocycles. The first kappa shape index (κ1) is 13.6. The zero-order valence-electron chi connectivity index (χ0n) is 11.6. The lowest BCUT2D eigenvalue weighted by molar-refractivity contribution is -0.135. The van der Waals surface area contributed by atoms with Crippen LogP contribution >= 0.6 is 0 Å². The summed E-state index contributed by atoms with van der Waals surface area (Å²) in [7, 11) is 0. The van der Waals surface area contributed by atoms with Gasteiger partial charge in [0.05, 0.1) is 23.8 Å². The Bertz CT molecular complexity index is 471. The topological polar surface area (TPSA) is 81.2 Å². The van der Waals surface area contributed by atoms with Crippen molar-refractivity contribution in [1.29, 1.82) is 0 Å². The number of piperidine rings is 1. The molecule has 0 radical (unpaired) electrons. The van der Waals surface area contributed by atoms with Crippen LogP contribution in [-0.2, 0) is 17.8 Å². The van der Waals surface area contributed by atoms with E-state index in [-0.39, 0.29) is 18.6 Å². The highest BCUT2D eigenvalue weighted by molar-refractivity contribution is 5.82. The number of aliphatic hydroxyl groups excluding tert-OH is 1. The maximum absolute atomic E-state index is 12.6. The van der Waals surface area contributed by atoms with E-state index in [9.17, 15) is 4.79 Å². The molecule has 3 rings (SSSR count). The highest BCUT2D eigenvalue weighted by Gasteiger charge is 2.31. The molecule has 0 saturated carbocycles. The van der Waals surface area contributed by atoms with Crippen LogP contribution in [0.3, 0.4) is 0 Å². The minimum absolute atomic E-state index is 0.154. The fourth-order valence-corrected chi connectivity index (χ4v) is 3.25. The first-order chi connectivity index (χ1) is 9.78. The van der Waals surface area contributed by atoms with Crippen molar-refractivity contribution in [3.63, 3.8) is 0 Å². The van der Waals surface area contributed by atoms with Gasteiger partial charge in [-0.2, -0.15) is 0 Å². The van der Waals surface area contributed by atoms with Gasteiger partial charge in [0, 0.05) is 32.7 Å². The third-order valence-corrected chi connectivity index (χ3v) is 4.40. The molecule has 6 nitrogen and oxygen atoms in total. The molecule has 0 aromatic carbocycles. The summed E-state index contributed by atoms with van der Waals surface area (Å²) in [5.41, 5.74) is 2.09. The number of aromatic amines is 1. The van der Waals surface area contributed by atoms with E-state index in [2.05, 4.69) is 15.3 Å². The number of carbonyl (C=O) groups is 1. The van der Waals surface area contributed by atoms with Gasteiger partial charge in [-0.25, -0.2) is 4.98 Å². The smallest absolute Gasteiger partial charge is 0.240 e. The van der Waals surface area contributed by atoms with Gasteiger partial charge in [-0.1, -0.05) is 0 Å². The minimum Gasteiger partial charge on any atom is -0.396 e. The number of fused-ring (bicyclic) bond motifs is 1.